The Labute approximate surface area is 129 Å². The van der Waals surface area contributed by atoms with Gasteiger partial charge in [0, 0.05) is 63.3 Å². The average Bonchev–Trinajstić information content (AvgIpc) is 2.90. The molecular formula is C12H10N3O2Y-. The molecule has 0 aliphatic carbocycles. The Morgan fingerprint density at radius 2 is 1.67 bits per heavy atom. The molecule has 5 nitrogen and oxygen atoms in total. The van der Waals surface area contributed by atoms with Gasteiger partial charge in [-0.05, 0) is 0 Å². The van der Waals surface area contributed by atoms with Crippen LogP contribution in [0.25, 0.3) is 5.32 Å². The summed E-state index contributed by atoms with van der Waals surface area (Å²) in [5.74, 6) is -0.851. The van der Waals surface area contributed by atoms with E-state index in [-0.39, 0.29) is 32.7 Å². The third kappa shape index (κ3) is 3.34. The molecule has 2 amide bonds. The van der Waals surface area contributed by atoms with Crippen LogP contribution in [0.1, 0.15) is 20.7 Å². The van der Waals surface area contributed by atoms with Crippen molar-refractivity contribution < 1.29 is 42.3 Å². The summed E-state index contributed by atoms with van der Waals surface area (Å²) in [6, 6.07) is 6.63. The number of hydrogen-bond acceptors (Lipinski definition) is 3. The number of aromatic nitrogens is 2. The van der Waals surface area contributed by atoms with E-state index in [9.17, 15) is 9.59 Å². The minimum absolute atomic E-state index is 0. The van der Waals surface area contributed by atoms with Crippen LogP contribution in [0.15, 0.2) is 43.0 Å². The summed E-state index contributed by atoms with van der Waals surface area (Å²) < 4.78 is 1.89. The summed E-state index contributed by atoms with van der Waals surface area (Å²) in [5.41, 5.74) is 0.829. The quantitative estimate of drug-likeness (QED) is 0.696. The third-order valence-electron chi connectivity index (χ3n) is 2.23. The first-order valence-electron chi connectivity index (χ1n) is 5.00. The Kier molecular flexibility index (Phi) is 5.37. The van der Waals surface area contributed by atoms with Gasteiger partial charge in [-0.15, -0.1) is 0 Å². The summed E-state index contributed by atoms with van der Waals surface area (Å²) in [5, 5.41) is 3.28. The van der Waals surface area contributed by atoms with Crippen molar-refractivity contribution in [1.82, 2.24) is 9.55 Å². The predicted molar refractivity (Wildman–Crippen MR) is 61.7 cm³/mol. The summed E-state index contributed by atoms with van der Waals surface area (Å²) >= 11 is 0. The fourth-order valence-electron chi connectivity index (χ4n) is 1.39. The number of imide groups is 1. The molecule has 2 aromatic rings. The zero-order chi connectivity index (χ0) is 12.3. The maximum absolute atomic E-state index is 10.9. The molecule has 0 atom stereocenters. The van der Waals surface area contributed by atoms with Crippen molar-refractivity contribution in [2.24, 2.45) is 7.05 Å². The number of imidazole rings is 1. The molecule has 2 heterocycles. The molecule has 1 radical (unpaired) electrons. The first-order chi connectivity index (χ1) is 8.18. The molecule has 0 fully saturated rings. The molecule has 18 heavy (non-hydrogen) atoms. The summed E-state index contributed by atoms with van der Waals surface area (Å²) in [7, 11) is 1.94. The normalized spacial score (nSPS) is 11.8. The monoisotopic (exact) mass is 317 g/mol. The van der Waals surface area contributed by atoms with Gasteiger partial charge in [0.25, 0.3) is 0 Å². The molecule has 1 aromatic carbocycles. The molecule has 0 spiro atoms. The van der Waals surface area contributed by atoms with Crippen LogP contribution < -0.4 is 0 Å². The van der Waals surface area contributed by atoms with Crippen LogP contribution in [0.3, 0.4) is 0 Å². The number of benzene rings is 1. The fourth-order valence-corrected chi connectivity index (χ4v) is 1.39. The minimum Gasteiger partial charge on any atom is -0.587 e. The summed E-state index contributed by atoms with van der Waals surface area (Å²) in [6.07, 6.45) is 5.39. The Hall–Kier alpha value is -1.33. The van der Waals surface area contributed by atoms with Crippen molar-refractivity contribution in [1.29, 1.82) is 0 Å². The molecule has 0 saturated carbocycles. The van der Waals surface area contributed by atoms with Crippen molar-refractivity contribution in [3.8, 4) is 0 Å². The van der Waals surface area contributed by atoms with E-state index in [1.54, 1.807) is 36.8 Å². The van der Waals surface area contributed by atoms with E-state index in [2.05, 4.69) is 10.3 Å². The predicted octanol–water partition coefficient (Wildman–Crippen LogP) is 1.77. The van der Waals surface area contributed by atoms with E-state index in [1.165, 1.54) is 0 Å². The number of hydrogen-bond donors (Lipinski definition) is 0. The third-order valence-corrected chi connectivity index (χ3v) is 2.23. The van der Waals surface area contributed by atoms with Crippen LogP contribution in [-0.4, -0.2) is 21.4 Å². The van der Waals surface area contributed by atoms with Gasteiger partial charge in [-0.25, -0.2) is 4.98 Å². The van der Waals surface area contributed by atoms with Gasteiger partial charge in [0.05, 0.1) is 18.1 Å². The summed E-state index contributed by atoms with van der Waals surface area (Å²) in [4.78, 5) is 25.6. The van der Waals surface area contributed by atoms with Crippen LogP contribution in [0.4, 0.5) is 0 Å². The SMILES string of the molecule is Cn1ccnc1.O=C1[N-]C(=O)c2ccccc21.[Y]. The van der Waals surface area contributed by atoms with Gasteiger partial charge in [-0.3, -0.25) is 0 Å². The van der Waals surface area contributed by atoms with E-state index in [4.69, 9.17) is 0 Å². The van der Waals surface area contributed by atoms with Crippen LogP contribution >= 0.6 is 0 Å². The standard InChI is InChI=1S/C8H5NO2.C4H6N2.Y/c10-7-5-3-1-2-4-6(5)8(11)9-7;1-6-3-2-5-4-6;/h1-4H,(H,9,10,11);2-4H,1H3;/p-1. The molecule has 0 N–H and O–H groups in total. The van der Waals surface area contributed by atoms with Gasteiger partial charge in [-0.1, -0.05) is 24.3 Å². The molecule has 0 bridgehead atoms. The Morgan fingerprint density at radius 1 is 1.11 bits per heavy atom. The second-order valence-corrected chi connectivity index (χ2v) is 3.50. The number of nitrogens with zero attached hydrogens (tertiary/aromatic N) is 3. The Morgan fingerprint density at radius 3 is 2.00 bits per heavy atom. The first-order valence-corrected chi connectivity index (χ1v) is 5.00. The molecule has 0 saturated heterocycles. The van der Waals surface area contributed by atoms with Crippen LogP contribution in [0.2, 0.25) is 0 Å². The Balaban J connectivity index is 0.000000199. The van der Waals surface area contributed by atoms with Crippen molar-refractivity contribution in [3.05, 3.63) is 59.4 Å². The van der Waals surface area contributed by atoms with E-state index >= 15 is 0 Å². The van der Waals surface area contributed by atoms with Gasteiger partial charge in [0.1, 0.15) is 0 Å². The van der Waals surface area contributed by atoms with Gasteiger partial charge >= 0.3 is 0 Å². The molecule has 89 valence electrons. The van der Waals surface area contributed by atoms with E-state index in [1.807, 2.05) is 17.8 Å². The summed E-state index contributed by atoms with van der Waals surface area (Å²) in [6.45, 7) is 0. The molecule has 6 heteroatoms. The van der Waals surface area contributed by atoms with Crippen molar-refractivity contribution in [2.45, 2.75) is 0 Å². The van der Waals surface area contributed by atoms with Crippen LogP contribution in [-0.2, 0) is 39.8 Å². The van der Waals surface area contributed by atoms with Crippen LogP contribution in [0, 0.1) is 0 Å². The number of fused-ring (bicyclic) bond motifs is 1. The minimum atomic E-state index is -0.425. The molecule has 1 aliphatic heterocycles. The number of aryl methyl sites for hydroxylation is 1. The number of carbonyl (C=O) groups is 2. The smallest absolute Gasteiger partial charge is 0.0943 e. The maximum Gasteiger partial charge on any atom is 0.0943 e. The fraction of sp³-hybridized carbons (Fsp3) is 0.0833. The molecule has 3 rings (SSSR count). The zero-order valence-corrected chi connectivity index (χ0v) is 12.6. The second kappa shape index (κ2) is 6.56. The maximum atomic E-state index is 10.9. The Bertz CT molecular complexity index is 519. The second-order valence-electron chi connectivity index (χ2n) is 3.50. The molecule has 1 aliphatic rings. The molecule has 0 unspecified atom stereocenters. The van der Waals surface area contributed by atoms with Crippen LogP contribution in [0.5, 0.6) is 0 Å². The van der Waals surface area contributed by atoms with Gasteiger partial charge in [0.15, 0.2) is 0 Å². The van der Waals surface area contributed by atoms with E-state index < -0.39 is 11.8 Å². The number of rotatable bonds is 0. The van der Waals surface area contributed by atoms with E-state index in [0.29, 0.717) is 11.1 Å². The zero-order valence-electron chi connectivity index (χ0n) is 9.78. The van der Waals surface area contributed by atoms with E-state index in [0.717, 1.165) is 0 Å². The van der Waals surface area contributed by atoms with Gasteiger partial charge in [-0.2, -0.15) is 0 Å². The van der Waals surface area contributed by atoms with Crippen molar-refractivity contribution in [3.63, 3.8) is 0 Å². The van der Waals surface area contributed by atoms with Crippen molar-refractivity contribution in [2.75, 3.05) is 0 Å². The van der Waals surface area contributed by atoms with Gasteiger partial charge in [0.2, 0.25) is 0 Å². The molecular weight excluding hydrogens is 307 g/mol. The largest absolute Gasteiger partial charge is 0.587 e. The van der Waals surface area contributed by atoms with Gasteiger partial charge < -0.3 is 19.5 Å². The number of carbonyl (C=O) groups excluding carboxylic acids is 2. The molecule has 1 aromatic heterocycles. The number of amides is 2. The topological polar surface area (TPSA) is 66.1 Å². The first kappa shape index (κ1) is 14.7. The van der Waals surface area contributed by atoms with Crippen molar-refractivity contribution >= 4 is 11.8 Å². The average molecular weight is 317 g/mol.